The van der Waals surface area contributed by atoms with Crippen LogP contribution in [0.5, 0.6) is 0 Å². The smallest absolute Gasteiger partial charge is 0.190 e. The van der Waals surface area contributed by atoms with E-state index in [0.29, 0.717) is 6.61 Å². The van der Waals surface area contributed by atoms with E-state index in [1.54, 1.807) is 6.08 Å². The summed E-state index contributed by atoms with van der Waals surface area (Å²) in [6.45, 7) is 11.3. The van der Waals surface area contributed by atoms with E-state index < -0.39 is 0 Å². The molecule has 0 unspecified atom stereocenters. The number of nitrogens with zero attached hydrogens (tertiary/aromatic N) is 1. The molecule has 0 saturated heterocycles. The molecule has 0 aromatic carbocycles. The summed E-state index contributed by atoms with van der Waals surface area (Å²) in [4.78, 5) is 11.9. The molecule has 1 rings (SSSR count). The first-order chi connectivity index (χ1) is 8.11. The SMILES string of the molecule is C=CCCOCC(=O)c1cc(C)n(CC)c1C. The number of aromatic nitrogens is 1. The van der Waals surface area contributed by atoms with Crippen molar-refractivity contribution in [2.24, 2.45) is 0 Å². The van der Waals surface area contributed by atoms with Crippen molar-refractivity contribution in [3.8, 4) is 0 Å². The van der Waals surface area contributed by atoms with Crippen molar-refractivity contribution < 1.29 is 9.53 Å². The highest BCUT2D eigenvalue weighted by Crippen LogP contribution is 2.15. The van der Waals surface area contributed by atoms with Crippen LogP contribution in [0.3, 0.4) is 0 Å². The zero-order valence-corrected chi connectivity index (χ0v) is 11.0. The van der Waals surface area contributed by atoms with E-state index >= 15 is 0 Å². The number of carbonyl (C=O) groups excluding carboxylic acids is 1. The van der Waals surface area contributed by atoms with Crippen LogP contribution < -0.4 is 0 Å². The first-order valence-corrected chi connectivity index (χ1v) is 6.00. The second kappa shape index (κ2) is 6.40. The summed E-state index contributed by atoms with van der Waals surface area (Å²) in [6, 6.07) is 1.94. The maximum atomic E-state index is 11.9. The molecule has 0 aliphatic carbocycles. The Morgan fingerprint density at radius 1 is 1.53 bits per heavy atom. The van der Waals surface area contributed by atoms with Gasteiger partial charge in [-0.1, -0.05) is 6.08 Å². The molecule has 0 atom stereocenters. The highest BCUT2D eigenvalue weighted by molar-refractivity contribution is 5.98. The number of Topliss-reactive ketones (excluding diaryl/α,β-unsaturated/α-hetero) is 1. The quantitative estimate of drug-likeness (QED) is 0.413. The number of aryl methyl sites for hydroxylation is 1. The lowest BCUT2D eigenvalue weighted by Crippen LogP contribution is -2.11. The summed E-state index contributed by atoms with van der Waals surface area (Å²) in [6.07, 6.45) is 2.56. The van der Waals surface area contributed by atoms with Crippen LogP contribution in [-0.4, -0.2) is 23.6 Å². The van der Waals surface area contributed by atoms with Gasteiger partial charge in [0.25, 0.3) is 0 Å². The molecule has 0 spiro atoms. The summed E-state index contributed by atoms with van der Waals surface area (Å²) in [7, 11) is 0. The molecule has 0 aliphatic rings. The summed E-state index contributed by atoms with van der Waals surface area (Å²) in [5, 5.41) is 0. The van der Waals surface area contributed by atoms with E-state index in [0.717, 1.165) is 29.9 Å². The van der Waals surface area contributed by atoms with Crippen molar-refractivity contribution in [1.29, 1.82) is 0 Å². The fourth-order valence-corrected chi connectivity index (χ4v) is 1.98. The minimum absolute atomic E-state index is 0.0573. The van der Waals surface area contributed by atoms with Crippen LogP contribution in [0.15, 0.2) is 18.7 Å². The van der Waals surface area contributed by atoms with Gasteiger partial charge in [-0.05, 0) is 33.3 Å². The Morgan fingerprint density at radius 2 is 2.24 bits per heavy atom. The molecule has 0 aliphatic heterocycles. The van der Waals surface area contributed by atoms with Gasteiger partial charge < -0.3 is 9.30 Å². The highest BCUT2D eigenvalue weighted by Gasteiger charge is 2.14. The molecule has 0 fully saturated rings. The molecular formula is C14H21NO2. The minimum atomic E-state index is 0.0573. The average Bonchev–Trinajstić information content (AvgIpc) is 2.60. The first-order valence-electron chi connectivity index (χ1n) is 6.00. The second-order valence-electron chi connectivity index (χ2n) is 4.08. The molecular weight excluding hydrogens is 214 g/mol. The predicted molar refractivity (Wildman–Crippen MR) is 69.5 cm³/mol. The summed E-state index contributed by atoms with van der Waals surface area (Å²) in [5.74, 6) is 0.0573. The van der Waals surface area contributed by atoms with E-state index in [2.05, 4.69) is 18.1 Å². The van der Waals surface area contributed by atoms with E-state index in [1.807, 2.05) is 19.9 Å². The van der Waals surface area contributed by atoms with Crippen molar-refractivity contribution in [3.05, 3.63) is 35.7 Å². The van der Waals surface area contributed by atoms with Gasteiger partial charge >= 0.3 is 0 Å². The number of ether oxygens (including phenoxy) is 1. The Hall–Kier alpha value is -1.35. The Labute approximate surface area is 103 Å². The number of ketones is 1. The van der Waals surface area contributed by atoms with Crippen molar-refractivity contribution in [1.82, 2.24) is 4.57 Å². The molecule has 17 heavy (non-hydrogen) atoms. The van der Waals surface area contributed by atoms with Gasteiger partial charge in [-0.25, -0.2) is 0 Å². The van der Waals surface area contributed by atoms with Gasteiger partial charge in [-0.2, -0.15) is 0 Å². The van der Waals surface area contributed by atoms with Gasteiger partial charge in [0.15, 0.2) is 5.78 Å². The lowest BCUT2D eigenvalue weighted by molar-refractivity contribution is 0.0767. The van der Waals surface area contributed by atoms with Crippen LogP contribution >= 0.6 is 0 Å². The largest absolute Gasteiger partial charge is 0.373 e. The summed E-state index contributed by atoms with van der Waals surface area (Å²) in [5.41, 5.74) is 2.93. The van der Waals surface area contributed by atoms with E-state index in [4.69, 9.17) is 4.74 Å². The molecule has 0 amide bonds. The van der Waals surface area contributed by atoms with Gasteiger partial charge in [0.1, 0.15) is 6.61 Å². The number of hydrogen-bond acceptors (Lipinski definition) is 2. The van der Waals surface area contributed by atoms with E-state index in [-0.39, 0.29) is 12.4 Å². The van der Waals surface area contributed by atoms with Crippen LogP contribution in [0, 0.1) is 13.8 Å². The second-order valence-corrected chi connectivity index (χ2v) is 4.08. The molecule has 0 saturated carbocycles. The molecule has 0 radical (unpaired) electrons. The number of hydrogen-bond donors (Lipinski definition) is 0. The Balaban J connectivity index is 2.66. The van der Waals surface area contributed by atoms with Crippen LogP contribution in [0.1, 0.15) is 35.1 Å². The van der Waals surface area contributed by atoms with Crippen LogP contribution in [-0.2, 0) is 11.3 Å². The zero-order valence-electron chi connectivity index (χ0n) is 11.0. The lowest BCUT2D eigenvalue weighted by Gasteiger charge is -2.06. The topological polar surface area (TPSA) is 31.2 Å². The molecule has 1 aromatic heterocycles. The monoisotopic (exact) mass is 235 g/mol. The summed E-state index contributed by atoms with van der Waals surface area (Å²) < 4.78 is 7.43. The fourth-order valence-electron chi connectivity index (χ4n) is 1.98. The van der Waals surface area contributed by atoms with Crippen LogP contribution in [0.2, 0.25) is 0 Å². The maximum absolute atomic E-state index is 11.9. The maximum Gasteiger partial charge on any atom is 0.190 e. The molecule has 1 heterocycles. The van der Waals surface area contributed by atoms with Gasteiger partial charge in [0.2, 0.25) is 0 Å². The van der Waals surface area contributed by atoms with Crippen molar-refractivity contribution in [2.45, 2.75) is 33.7 Å². The van der Waals surface area contributed by atoms with Gasteiger partial charge in [0.05, 0.1) is 6.61 Å². The third-order valence-electron chi connectivity index (χ3n) is 2.89. The van der Waals surface area contributed by atoms with Crippen LogP contribution in [0.25, 0.3) is 0 Å². The van der Waals surface area contributed by atoms with Crippen molar-refractivity contribution >= 4 is 5.78 Å². The zero-order chi connectivity index (χ0) is 12.8. The average molecular weight is 235 g/mol. The Kier molecular flexibility index (Phi) is 5.16. The van der Waals surface area contributed by atoms with Crippen molar-refractivity contribution in [2.75, 3.05) is 13.2 Å². The predicted octanol–water partition coefficient (Wildman–Crippen LogP) is 2.90. The van der Waals surface area contributed by atoms with E-state index in [9.17, 15) is 4.79 Å². The molecule has 94 valence electrons. The summed E-state index contributed by atoms with van der Waals surface area (Å²) >= 11 is 0. The standard InChI is InChI=1S/C14H21NO2/c1-5-7-8-17-10-14(16)13-9-11(3)15(6-2)12(13)4/h5,9H,1,6-8,10H2,2-4H3. The van der Waals surface area contributed by atoms with Crippen molar-refractivity contribution in [3.63, 3.8) is 0 Å². The third kappa shape index (κ3) is 3.30. The molecule has 1 aromatic rings. The first kappa shape index (κ1) is 13.7. The lowest BCUT2D eigenvalue weighted by atomic mass is 10.1. The molecule has 0 bridgehead atoms. The molecule has 3 nitrogen and oxygen atoms in total. The number of carbonyl (C=O) groups is 1. The number of rotatable bonds is 7. The van der Waals surface area contributed by atoms with E-state index in [1.165, 1.54) is 0 Å². The Morgan fingerprint density at radius 3 is 2.76 bits per heavy atom. The third-order valence-corrected chi connectivity index (χ3v) is 2.89. The molecule has 3 heteroatoms. The van der Waals surface area contributed by atoms with Gasteiger partial charge in [-0.15, -0.1) is 6.58 Å². The molecule has 0 N–H and O–H groups in total. The van der Waals surface area contributed by atoms with Gasteiger partial charge in [0, 0.05) is 23.5 Å². The van der Waals surface area contributed by atoms with Gasteiger partial charge in [-0.3, -0.25) is 4.79 Å². The Bertz CT molecular complexity index is 405. The van der Waals surface area contributed by atoms with Crippen LogP contribution in [0.4, 0.5) is 0 Å². The fraction of sp³-hybridized carbons (Fsp3) is 0.500. The minimum Gasteiger partial charge on any atom is -0.373 e. The normalized spacial score (nSPS) is 10.5. The highest BCUT2D eigenvalue weighted by atomic mass is 16.5.